The summed E-state index contributed by atoms with van der Waals surface area (Å²) in [7, 11) is -3.90. The van der Waals surface area contributed by atoms with Gasteiger partial charge in [0.1, 0.15) is 10.7 Å². The number of halogens is 1. The molecular formula is C15H21FN2O2S. The lowest BCUT2D eigenvalue weighted by Gasteiger charge is -2.21. The molecule has 1 aromatic carbocycles. The Labute approximate surface area is 126 Å². The van der Waals surface area contributed by atoms with Gasteiger partial charge in [0.05, 0.1) is 11.5 Å². The molecule has 0 aliphatic heterocycles. The summed E-state index contributed by atoms with van der Waals surface area (Å²) in [5.41, 5.74) is -0.725. The van der Waals surface area contributed by atoms with Crippen molar-refractivity contribution in [3.8, 4) is 6.07 Å². The van der Waals surface area contributed by atoms with Gasteiger partial charge in [0.25, 0.3) is 0 Å². The average Bonchev–Trinajstić information content (AvgIpc) is 2.24. The van der Waals surface area contributed by atoms with E-state index in [1.54, 1.807) is 40.7 Å². The molecule has 0 radical (unpaired) electrons. The smallest absolute Gasteiger partial charge is 0.207 e. The fourth-order valence-electron chi connectivity index (χ4n) is 1.88. The van der Waals surface area contributed by atoms with Crippen LogP contribution in [0.3, 0.4) is 0 Å². The Morgan fingerprint density at radius 1 is 1.24 bits per heavy atom. The van der Waals surface area contributed by atoms with Crippen molar-refractivity contribution in [1.29, 1.82) is 5.26 Å². The van der Waals surface area contributed by atoms with Crippen LogP contribution in [0.2, 0.25) is 0 Å². The number of benzene rings is 1. The second kappa shape index (κ2) is 5.74. The van der Waals surface area contributed by atoms with Gasteiger partial charge in [-0.15, -0.1) is 0 Å². The highest BCUT2D eigenvalue weighted by molar-refractivity contribution is 7.89. The van der Waals surface area contributed by atoms with Crippen molar-refractivity contribution in [2.75, 3.05) is 0 Å². The molecule has 21 heavy (non-hydrogen) atoms. The van der Waals surface area contributed by atoms with Crippen LogP contribution in [-0.4, -0.2) is 14.0 Å². The predicted molar refractivity (Wildman–Crippen MR) is 79.6 cm³/mol. The van der Waals surface area contributed by atoms with Gasteiger partial charge in [-0.05, 0) is 58.7 Å². The lowest BCUT2D eigenvalue weighted by Crippen LogP contribution is -2.40. The van der Waals surface area contributed by atoms with Crippen LogP contribution >= 0.6 is 0 Å². The zero-order chi connectivity index (χ0) is 16.5. The normalized spacial score (nSPS) is 13.0. The Morgan fingerprint density at radius 3 is 2.24 bits per heavy atom. The highest BCUT2D eigenvalue weighted by Crippen LogP contribution is 2.24. The molecule has 0 aromatic heterocycles. The number of rotatable bonds is 4. The molecule has 0 aliphatic carbocycles. The lowest BCUT2D eigenvalue weighted by atomic mass is 9.87. The summed E-state index contributed by atoms with van der Waals surface area (Å²) in [6, 6.07) is 6.09. The molecule has 0 bridgehead atoms. The fourth-order valence-corrected chi connectivity index (χ4v) is 3.36. The van der Waals surface area contributed by atoms with Gasteiger partial charge in [-0.1, -0.05) is 6.07 Å². The minimum absolute atomic E-state index is 0.355. The largest absolute Gasteiger partial charge is 0.243 e. The molecule has 4 nitrogen and oxygen atoms in total. The van der Waals surface area contributed by atoms with Gasteiger partial charge in [0.15, 0.2) is 0 Å². The van der Waals surface area contributed by atoms with Crippen molar-refractivity contribution >= 4 is 10.0 Å². The highest BCUT2D eigenvalue weighted by Gasteiger charge is 2.26. The minimum Gasteiger partial charge on any atom is -0.207 e. The van der Waals surface area contributed by atoms with Crippen LogP contribution in [0.1, 0.15) is 40.2 Å². The van der Waals surface area contributed by atoms with Crippen LogP contribution in [-0.2, 0) is 16.4 Å². The van der Waals surface area contributed by atoms with E-state index in [2.05, 4.69) is 10.8 Å². The van der Waals surface area contributed by atoms with Crippen LogP contribution in [0.15, 0.2) is 23.1 Å². The SMILES string of the molecule is CC(C)(C#N)Cc1ccc(S(=O)(=O)NC(C)(C)C)c(F)c1. The Bertz CT molecular complexity index is 668. The van der Waals surface area contributed by atoms with Gasteiger partial charge in [0.2, 0.25) is 10.0 Å². The Kier molecular flexibility index (Phi) is 4.81. The van der Waals surface area contributed by atoms with Gasteiger partial charge < -0.3 is 0 Å². The van der Waals surface area contributed by atoms with Crippen molar-refractivity contribution < 1.29 is 12.8 Å². The van der Waals surface area contributed by atoms with Crippen LogP contribution in [0.25, 0.3) is 0 Å². The van der Waals surface area contributed by atoms with Crippen molar-refractivity contribution in [1.82, 2.24) is 4.72 Å². The van der Waals surface area contributed by atoms with E-state index in [0.717, 1.165) is 0 Å². The van der Waals surface area contributed by atoms with Gasteiger partial charge in [-0.25, -0.2) is 17.5 Å². The van der Waals surface area contributed by atoms with E-state index in [0.29, 0.717) is 12.0 Å². The minimum atomic E-state index is -3.90. The third-order valence-corrected chi connectivity index (χ3v) is 4.47. The molecule has 0 unspecified atom stereocenters. The summed E-state index contributed by atoms with van der Waals surface area (Å²) in [4.78, 5) is -0.379. The maximum absolute atomic E-state index is 14.1. The summed E-state index contributed by atoms with van der Waals surface area (Å²) >= 11 is 0. The first-order valence-electron chi connectivity index (χ1n) is 6.60. The molecule has 0 aliphatic rings. The summed E-state index contributed by atoms with van der Waals surface area (Å²) in [5, 5.41) is 8.99. The second-order valence-electron chi connectivity index (χ2n) is 6.79. The Balaban J connectivity index is 3.13. The molecular weight excluding hydrogens is 291 g/mol. The fraction of sp³-hybridized carbons (Fsp3) is 0.533. The van der Waals surface area contributed by atoms with Crippen molar-refractivity contribution in [2.45, 2.75) is 51.5 Å². The number of nitrogens with one attached hydrogen (secondary N) is 1. The predicted octanol–water partition coefficient (Wildman–Crippen LogP) is 2.99. The van der Waals surface area contributed by atoms with Crippen LogP contribution in [0.4, 0.5) is 4.39 Å². The third kappa shape index (κ3) is 5.10. The van der Waals surface area contributed by atoms with E-state index in [1.807, 2.05) is 0 Å². The molecule has 6 heteroatoms. The van der Waals surface area contributed by atoms with Crippen LogP contribution < -0.4 is 4.72 Å². The standard InChI is InChI=1S/C15H21FN2O2S/c1-14(2,3)18-21(19,20)13-7-6-11(8-12(13)16)9-15(4,5)10-17/h6-8,18H,9H2,1-5H3. The molecule has 116 valence electrons. The molecule has 0 spiro atoms. The molecule has 1 aromatic rings. The van der Waals surface area contributed by atoms with Crippen molar-refractivity contribution in [2.24, 2.45) is 5.41 Å². The van der Waals surface area contributed by atoms with Gasteiger partial charge in [0, 0.05) is 5.54 Å². The van der Waals surface area contributed by atoms with E-state index in [1.165, 1.54) is 12.1 Å². The molecule has 0 saturated carbocycles. The zero-order valence-corrected chi connectivity index (χ0v) is 13.8. The van der Waals surface area contributed by atoms with Crippen LogP contribution in [0.5, 0.6) is 0 Å². The van der Waals surface area contributed by atoms with Crippen molar-refractivity contribution in [3.63, 3.8) is 0 Å². The number of sulfonamides is 1. The average molecular weight is 312 g/mol. The topological polar surface area (TPSA) is 70.0 Å². The Morgan fingerprint density at radius 2 is 1.81 bits per heavy atom. The third-order valence-electron chi connectivity index (χ3n) is 2.68. The number of nitrogens with zero attached hydrogens (tertiary/aromatic N) is 1. The number of hydrogen-bond acceptors (Lipinski definition) is 3. The van der Waals surface area contributed by atoms with E-state index in [9.17, 15) is 12.8 Å². The zero-order valence-electron chi connectivity index (χ0n) is 13.0. The first-order chi connectivity index (χ1) is 9.36. The summed E-state index contributed by atoms with van der Waals surface area (Å²) < 4.78 is 40.7. The summed E-state index contributed by atoms with van der Waals surface area (Å²) in [5.74, 6) is -0.807. The first-order valence-corrected chi connectivity index (χ1v) is 8.08. The second-order valence-corrected chi connectivity index (χ2v) is 8.44. The van der Waals surface area contributed by atoms with Crippen molar-refractivity contribution in [3.05, 3.63) is 29.6 Å². The molecule has 0 fully saturated rings. The molecule has 0 saturated heterocycles. The van der Waals surface area contributed by atoms with Gasteiger partial charge in [-0.2, -0.15) is 5.26 Å². The highest BCUT2D eigenvalue weighted by atomic mass is 32.2. The quantitative estimate of drug-likeness (QED) is 0.929. The maximum Gasteiger partial charge on any atom is 0.243 e. The molecule has 0 heterocycles. The first kappa shape index (κ1) is 17.6. The summed E-state index contributed by atoms with van der Waals surface area (Å²) in [6.45, 7) is 8.55. The number of hydrogen-bond donors (Lipinski definition) is 1. The van der Waals surface area contributed by atoms with Gasteiger partial charge in [-0.3, -0.25) is 0 Å². The molecule has 0 amide bonds. The van der Waals surface area contributed by atoms with Crippen LogP contribution in [0, 0.1) is 22.6 Å². The van der Waals surface area contributed by atoms with E-state index >= 15 is 0 Å². The molecule has 0 atom stereocenters. The maximum atomic E-state index is 14.1. The molecule has 1 N–H and O–H groups in total. The van der Waals surface area contributed by atoms with E-state index in [4.69, 9.17) is 5.26 Å². The van der Waals surface area contributed by atoms with Gasteiger partial charge >= 0.3 is 0 Å². The monoisotopic (exact) mass is 312 g/mol. The number of nitriles is 1. The molecule has 1 rings (SSSR count). The lowest BCUT2D eigenvalue weighted by molar-refractivity contribution is 0.483. The Hall–Kier alpha value is -1.45. The summed E-state index contributed by atoms with van der Waals surface area (Å²) in [6.07, 6.45) is 0.355. The van der Waals surface area contributed by atoms with E-state index < -0.39 is 26.8 Å². The van der Waals surface area contributed by atoms with E-state index in [-0.39, 0.29) is 4.90 Å².